The fraction of sp³-hybridized carbons (Fsp3) is 0.500. The summed E-state index contributed by atoms with van der Waals surface area (Å²) in [5, 5.41) is 3.05. The summed E-state index contributed by atoms with van der Waals surface area (Å²) in [6.45, 7) is 5.73. The molecular formula is C18H23ClF3N3O2S. The van der Waals surface area contributed by atoms with E-state index in [1.807, 2.05) is 0 Å². The maximum atomic E-state index is 12.8. The number of aromatic nitrogens is 2. The summed E-state index contributed by atoms with van der Waals surface area (Å²) in [7, 11) is -3.69. The van der Waals surface area contributed by atoms with Crippen molar-refractivity contribution in [1.29, 1.82) is 0 Å². The summed E-state index contributed by atoms with van der Waals surface area (Å²) in [4.78, 5) is 0.150. The van der Waals surface area contributed by atoms with E-state index in [2.05, 4.69) is 23.7 Å². The van der Waals surface area contributed by atoms with Gasteiger partial charge in [0.1, 0.15) is 0 Å². The third-order valence-corrected chi connectivity index (χ3v) is 6.54. The summed E-state index contributed by atoms with van der Waals surface area (Å²) in [5.74, 6) is 0.343. The maximum Gasteiger partial charge on any atom is 0.436 e. The number of benzene rings is 1. The van der Waals surface area contributed by atoms with Crippen molar-refractivity contribution in [1.82, 2.24) is 14.5 Å². The molecule has 5 nitrogen and oxygen atoms in total. The second kappa shape index (κ2) is 8.84. The van der Waals surface area contributed by atoms with Crippen molar-refractivity contribution in [3.05, 3.63) is 46.2 Å². The summed E-state index contributed by atoms with van der Waals surface area (Å²) >= 11 is 5.69. The molecule has 0 saturated heterocycles. The molecular weight excluding hydrogens is 415 g/mol. The van der Waals surface area contributed by atoms with E-state index in [0.717, 1.165) is 16.7 Å². The van der Waals surface area contributed by atoms with E-state index >= 15 is 0 Å². The summed E-state index contributed by atoms with van der Waals surface area (Å²) in [5.41, 5.74) is 0.124. The van der Waals surface area contributed by atoms with Gasteiger partial charge in [-0.05, 0) is 43.4 Å². The molecule has 1 aromatic heterocycles. The highest BCUT2D eigenvalue weighted by molar-refractivity contribution is 7.89. The Bertz CT molecular complexity index is 909. The van der Waals surface area contributed by atoms with Crippen molar-refractivity contribution >= 4 is 21.6 Å². The first-order chi connectivity index (χ1) is 13.0. The first-order valence-corrected chi connectivity index (χ1v) is 10.7. The molecule has 0 saturated carbocycles. The molecule has 0 bridgehead atoms. The van der Waals surface area contributed by atoms with E-state index in [0.29, 0.717) is 5.92 Å². The van der Waals surface area contributed by atoms with Crippen LogP contribution in [0.2, 0.25) is 5.02 Å². The quantitative estimate of drug-likeness (QED) is 0.606. The largest absolute Gasteiger partial charge is 0.436 e. The Labute approximate surface area is 167 Å². The lowest BCUT2D eigenvalue weighted by atomic mass is 9.99. The maximum absolute atomic E-state index is 12.8. The van der Waals surface area contributed by atoms with Gasteiger partial charge in [0.05, 0.1) is 15.6 Å². The van der Waals surface area contributed by atoms with Crippen LogP contribution in [0, 0.1) is 6.92 Å². The third-order valence-electron chi connectivity index (χ3n) is 4.61. The first-order valence-electron chi connectivity index (χ1n) is 8.87. The molecule has 28 heavy (non-hydrogen) atoms. The minimum Gasteiger partial charge on any atom is -0.268 e. The lowest BCUT2D eigenvalue weighted by Crippen LogP contribution is -2.25. The second-order valence-electron chi connectivity index (χ2n) is 6.60. The molecule has 1 aromatic carbocycles. The van der Waals surface area contributed by atoms with Gasteiger partial charge >= 0.3 is 6.18 Å². The zero-order chi connectivity index (χ0) is 21.1. The van der Waals surface area contributed by atoms with Gasteiger partial charge in [-0.25, -0.2) is 13.1 Å². The number of nitrogens with one attached hydrogen (secondary N) is 1. The Morgan fingerprint density at radius 3 is 2.36 bits per heavy atom. The molecule has 10 heteroatoms. The first kappa shape index (κ1) is 22.7. The van der Waals surface area contributed by atoms with Crippen LogP contribution in [-0.2, 0) is 22.7 Å². The van der Waals surface area contributed by atoms with Gasteiger partial charge in [0.25, 0.3) is 0 Å². The summed E-state index contributed by atoms with van der Waals surface area (Å²) in [6.07, 6.45) is -3.41. The second-order valence-corrected chi connectivity index (χ2v) is 8.74. The van der Waals surface area contributed by atoms with Crippen molar-refractivity contribution < 1.29 is 21.6 Å². The third kappa shape index (κ3) is 5.27. The van der Waals surface area contributed by atoms with Gasteiger partial charge in [-0.2, -0.15) is 18.3 Å². The molecule has 0 spiro atoms. The van der Waals surface area contributed by atoms with Gasteiger partial charge in [-0.1, -0.05) is 37.6 Å². The van der Waals surface area contributed by atoms with Crippen molar-refractivity contribution in [2.45, 2.75) is 57.1 Å². The van der Waals surface area contributed by atoms with Crippen LogP contribution in [0.25, 0.3) is 0 Å². The number of aryl methyl sites for hydroxylation is 1. The summed E-state index contributed by atoms with van der Waals surface area (Å²) in [6, 6.07) is 6.68. The zero-order valence-corrected chi connectivity index (χ0v) is 17.4. The number of rotatable bonds is 8. The molecule has 156 valence electrons. The highest BCUT2D eigenvalue weighted by Crippen LogP contribution is 2.35. The van der Waals surface area contributed by atoms with E-state index in [9.17, 15) is 21.6 Å². The predicted molar refractivity (Wildman–Crippen MR) is 102 cm³/mol. The van der Waals surface area contributed by atoms with E-state index in [1.165, 1.54) is 6.92 Å². The Morgan fingerprint density at radius 2 is 1.86 bits per heavy atom. The number of halogens is 4. The van der Waals surface area contributed by atoms with Crippen LogP contribution >= 0.6 is 11.6 Å². The van der Waals surface area contributed by atoms with Crippen LogP contribution < -0.4 is 4.72 Å². The molecule has 0 radical (unpaired) electrons. The lowest BCUT2D eigenvalue weighted by Gasteiger charge is -2.11. The SMILES string of the molecule is CC[C@H](C)c1ccc(S(=O)(=O)NCCCn2nc(C(F)(F)F)c(Cl)c2C)cc1. The molecule has 0 aliphatic rings. The predicted octanol–water partition coefficient (Wildman–Crippen LogP) is 4.75. The molecule has 0 fully saturated rings. The highest BCUT2D eigenvalue weighted by atomic mass is 35.5. The zero-order valence-electron chi connectivity index (χ0n) is 15.8. The van der Waals surface area contributed by atoms with E-state index < -0.39 is 26.9 Å². The van der Waals surface area contributed by atoms with Gasteiger partial charge in [0.15, 0.2) is 5.69 Å². The van der Waals surface area contributed by atoms with Gasteiger partial charge in [0, 0.05) is 13.1 Å². The Hall–Kier alpha value is -1.58. The number of hydrogen-bond donors (Lipinski definition) is 1. The van der Waals surface area contributed by atoms with Crippen LogP contribution in [0.5, 0.6) is 0 Å². The molecule has 0 unspecified atom stereocenters. The summed E-state index contributed by atoms with van der Waals surface area (Å²) < 4.78 is 66.8. The van der Waals surface area contributed by atoms with Crippen LogP contribution in [0.3, 0.4) is 0 Å². The standard InChI is InChI=1S/C18H23ClF3N3O2S/c1-4-12(2)14-6-8-15(9-7-14)28(26,27)23-10-5-11-25-13(3)16(19)17(24-25)18(20,21)22/h6-9,12,23H,4-5,10-11H2,1-3H3/t12-/m0/s1. The topological polar surface area (TPSA) is 64.0 Å². The minimum atomic E-state index is -4.63. The Morgan fingerprint density at radius 1 is 1.25 bits per heavy atom. The van der Waals surface area contributed by atoms with E-state index in [4.69, 9.17) is 11.6 Å². The molecule has 1 atom stereocenters. The monoisotopic (exact) mass is 437 g/mol. The van der Waals surface area contributed by atoms with Crippen LogP contribution in [0.15, 0.2) is 29.2 Å². The fourth-order valence-corrected chi connectivity index (χ4v) is 3.97. The molecule has 1 heterocycles. The average molecular weight is 438 g/mol. The molecule has 2 aromatic rings. The minimum absolute atomic E-state index is 0.0632. The smallest absolute Gasteiger partial charge is 0.268 e. The van der Waals surface area contributed by atoms with Crippen molar-refractivity contribution in [3.8, 4) is 0 Å². The lowest BCUT2D eigenvalue weighted by molar-refractivity contribution is -0.141. The van der Waals surface area contributed by atoms with Crippen LogP contribution in [0.1, 0.15) is 49.6 Å². The van der Waals surface area contributed by atoms with Gasteiger partial charge in [-0.3, -0.25) is 4.68 Å². The van der Waals surface area contributed by atoms with Crippen molar-refractivity contribution in [2.75, 3.05) is 6.54 Å². The fourth-order valence-electron chi connectivity index (χ4n) is 2.65. The molecule has 0 aliphatic heterocycles. The van der Waals surface area contributed by atoms with Crippen LogP contribution in [0.4, 0.5) is 13.2 Å². The normalized spacial score (nSPS) is 13.7. The molecule has 2 rings (SSSR count). The highest BCUT2D eigenvalue weighted by Gasteiger charge is 2.38. The van der Waals surface area contributed by atoms with Crippen LogP contribution in [-0.4, -0.2) is 24.7 Å². The number of alkyl halides is 3. The van der Waals surface area contributed by atoms with Crippen molar-refractivity contribution in [3.63, 3.8) is 0 Å². The van der Waals surface area contributed by atoms with Gasteiger partial charge in [0.2, 0.25) is 10.0 Å². The van der Waals surface area contributed by atoms with Gasteiger partial charge in [-0.15, -0.1) is 0 Å². The van der Waals surface area contributed by atoms with E-state index in [1.54, 1.807) is 24.3 Å². The van der Waals surface area contributed by atoms with Gasteiger partial charge < -0.3 is 0 Å². The number of sulfonamides is 1. The van der Waals surface area contributed by atoms with E-state index in [-0.39, 0.29) is 30.1 Å². The number of hydrogen-bond acceptors (Lipinski definition) is 3. The van der Waals surface area contributed by atoms with Crippen molar-refractivity contribution in [2.24, 2.45) is 0 Å². The number of nitrogens with zero attached hydrogens (tertiary/aromatic N) is 2. The Kier molecular flexibility index (Phi) is 7.17. The average Bonchev–Trinajstić information content (AvgIpc) is 2.93. The Balaban J connectivity index is 1.96. The molecule has 0 amide bonds. The molecule has 1 N–H and O–H groups in total. The molecule has 0 aliphatic carbocycles.